The number of rotatable bonds is 1. The van der Waals surface area contributed by atoms with Crippen LogP contribution in [0.25, 0.3) is 11.1 Å². The summed E-state index contributed by atoms with van der Waals surface area (Å²) in [6, 6.07) is 22.7. The summed E-state index contributed by atoms with van der Waals surface area (Å²) in [6.45, 7) is 3.92. The standard InChI is InChI=1S/C13H12O.C7H8O/c1-10-6-8-11(9-7-10)12-4-2-3-5-13(12)14;1-6-4-2-3-5-7(6)8/h2-9,14H,1H3;2-5,8H,1H3. The number of hydrogen-bond acceptors (Lipinski definition) is 2. The first-order valence-corrected chi connectivity index (χ1v) is 7.17. The number of para-hydroxylation sites is 2. The fraction of sp³-hybridized carbons (Fsp3) is 0.100. The van der Waals surface area contributed by atoms with E-state index in [0.29, 0.717) is 11.5 Å². The summed E-state index contributed by atoms with van der Waals surface area (Å²) in [4.78, 5) is 0. The molecule has 22 heavy (non-hydrogen) atoms. The van der Waals surface area contributed by atoms with Gasteiger partial charge in [0.1, 0.15) is 11.5 Å². The SMILES string of the molecule is Cc1ccc(-c2ccccc2O)cc1.Cc1ccccc1O. The van der Waals surface area contributed by atoms with Crippen LogP contribution in [0.3, 0.4) is 0 Å². The topological polar surface area (TPSA) is 40.5 Å². The molecule has 2 nitrogen and oxygen atoms in total. The minimum atomic E-state index is 0.330. The molecule has 0 spiro atoms. The summed E-state index contributed by atoms with van der Waals surface area (Å²) in [6.07, 6.45) is 0. The zero-order valence-corrected chi connectivity index (χ0v) is 12.8. The highest BCUT2D eigenvalue weighted by Gasteiger charge is 2.01. The lowest BCUT2D eigenvalue weighted by molar-refractivity contribution is 0.471. The normalized spacial score (nSPS) is 9.73. The molecule has 0 unspecified atom stereocenters. The Morgan fingerprint density at radius 3 is 1.64 bits per heavy atom. The molecule has 0 radical (unpaired) electrons. The zero-order chi connectivity index (χ0) is 15.9. The van der Waals surface area contributed by atoms with Gasteiger partial charge in [0.2, 0.25) is 0 Å². The third-order valence-corrected chi connectivity index (χ3v) is 3.38. The molecule has 0 bridgehead atoms. The van der Waals surface area contributed by atoms with E-state index >= 15 is 0 Å². The number of phenolic OH excluding ortho intramolecular Hbond substituents is 2. The molecular weight excluding hydrogens is 272 g/mol. The molecule has 0 heterocycles. The number of aromatic hydroxyl groups is 2. The second-order valence-corrected chi connectivity index (χ2v) is 5.17. The molecule has 3 aromatic rings. The van der Waals surface area contributed by atoms with Gasteiger partial charge in [-0.2, -0.15) is 0 Å². The van der Waals surface area contributed by atoms with Crippen LogP contribution in [0.5, 0.6) is 11.5 Å². The Morgan fingerprint density at radius 1 is 0.591 bits per heavy atom. The quantitative estimate of drug-likeness (QED) is 0.657. The Morgan fingerprint density at radius 2 is 1.14 bits per heavy atom. The molecule has 0 saturated heterocycles. The van der Waals surface area contributed by atoms with Gasteiger partial charge >= 0.3 is 0 Å². The van der Waals surface area contributed by atoms with Gasteiger partial charge in [0.25, 0.3) is 0 Å². The molecule has 0 fully saturated rings. The maximum absolute atomic E-state index is 9.63. The Bertz CT molecular complexity index is 710. The van der Waals surface area contributed by atoms with Crippen molar-refractivity contribution in [2.75, 3.05) is 0 Å². The van der Waals surface area contributed by atoms with Gasteiger partial charge in [0, 0.05) is 5.56 Å². The smallest absolute Gasteiger partial charge is 0.123 e. The van der Waals surface area contributed by atoms with E-state index in [2.05, 4.69) is 6.92 Å². The van der Waals surface area contributed by atoms with Gasteiger partial charge in [-0.1, -0.05) is 66.2 Å². The summed E-state index contributed by atoms with van der Waals surface area (Å²) in [5.41, 5.74) is 4.08. The molecule has 0 atom stereocenters. The van der Waals surface area contributed by atoms with E-state index in [4.69, 9.17) is 5.11 Å². The van der Waals surface area contributed by atoms with E-state index in [1.165, 1.54) is 5.56 Å². The zero-order valence-electron chi connectivity index (χ0n) is 12.8. The molecule has 2 heteroatoms. The van der Waals surface area contributed by atoms with Crippen LogP contribution in [0.4, 0.5) is 0 Å². The van der Waals surface area contributed by atoms with Crippen molar-refractivity contribution in [3.63, 3.8) is 0 Å². The fourth-order valence-corrected chi connectivity index (χ4v) is 2.01. The first-order chi connectivity index (χ1) is 10.6. The van der Waals surface area contributed by atoms with E-state index in [9.17, 15) is 5.11 Å². The van der Waals surface area contributed by atoms with Crippen LogP contribution in [0, 0.1) is 13.8 Å². The van der Waals surface area contributed by atoms with E-state index in [1.807, 2.05) is 67.6 Å². The highest BCUT2D eigenvalue weighted by molar-refractivity contribution is 5.69. The Labute approximate surface area is 131 Å². The number of aryl methyl sites for hydroxylation is 2. The number of hydrogen-bond donors (Lipinski definition) is 2. The monoisotopic (exact) mass is 292 g/mol. The largest absolute Gasteiger partial charge is 0.508 e. The third kappa shape index (κ3) is 4.13. The predicted molar refractivity (Wildman–Crippen MR) is 91.1 cm³/mol. The lowest BCUT2D eigenvalue weighted by Gasteiger charge is -2.04. The van der Waals surface area contributed by atoms with Gasteiger partial charge in [-0.05, 0) is 37.1 Å². The fourth-order valence-electron chi connectivity index (χ4n) is 2.01. The van der Waals surface area contributed by atoms with Crippen LogP contribution in [0.2, 0.25) is 0 Å². The second kappa shape index (κ2) is 7.32. The Hall–Kier alpha value is -2.74. The van der Waals surface area contributed by atoms with Crippen LogP contribution in [0.15, 0.2) is 72.8 Å². The van der Waals surface area contributed by atoms with Crippen LogP contribution in [0.1, 0.15) is 11.1 Å². The third-order valence-electron chi connectivity index (χ3n) is 3.38. The van der Waals surface area contributed by atoms with Gasteiger partial charge in [-0.15, -0.1) is 0 Å². The van der Waals surface area contributed by atoms with E-state index in [0.717, 1.165) is 16.7 Å². The molecule has 0 amide bonds. The average Bonchev–Trinajstić information content (AvgIpc) is 2.52. The van der Waals surface area contributed by atoms with Crippen molar-refractivity contribution in [3.8, 4) is 22.6 Å². The highest BCUT2D eigenvalue weighted by atomic mass is 16.3. The summed E-state index contributed by atoms with van der Waals surface area (Å²) in [7, 11) is 0. The van der Waals surface area contributed by atoms with Crippen molar-refractivity contribution in [2.45, 2.75) is 13.8 Å². The Balaban J connectivity index is 0.000000188. The van der Waals surface area contributed by atoms with Gasteiger partial charge in [-0.25, -0.2) is 0 Å². The van der Waals surface area contributed by atoms with Gasteiger partial charge in [0.05, 0.1) is 0 Å². The second-order valence-electron chi connectivity index (χ2n) is 5.17. The lowest BCUT2D eigenvalue weighted by Crippen LogP contribution is -1.78. The highest BCUT2D eigenvalue weighted by Crippen LogP contribution is 2.28. The van der Waals surface area contributed by atoms with Crippen molar-refractivity contribution in [2.24, 2.45) is 0 Å². The van der Waals surface area contributed by atoms with E-state index in [1.54, 1.807) is 12.1 Å². The summed E-state index contributed by atoms with van der Waals surface area (Å²) >= 11 is 0. The first-order valence-electron chi connectivity index (χ1n) is 7.17. The Kier molecular flexibility index (Phi) is 5.21. The molecule has 3 aromatic carbocycles. The van der Waals surface area contributed by atoms with Gasteiger partial charge in [-0.3, -0.25) is 0 Å². The van der Waals surface area contributed by atoms with Gasteiger partial charge < -0.3 is 10.2 Å². The maximum atomic E-state index is 9.63. The van der Waals surface area contributed by atoms with Crippen molar-refractivity contribution < 1.29 is 10.2 Å². The van der Waals surface area contributed by atoms with Crippen LogP contribution in [-0.2, 0) is 0 Å². The summed E-state index contributed by atoms with van der Waals surface area (Å²) < 4.78 is 0. The minimum absolute atomic E-state index is 0.330. The molecule has 0 aromatic heterocycles. The maximum Gasteiger partial charge on any atom is 0.123 e. The summed E-state index contributed by atoms with van der Waals surface area (Å²) in [5, 5.41) is 18.6. The molecule has 2 N–H and O–H groups in total. The van der Waals surface area contributed by atoms with Crippen molar-refractivity contribution in [3.05, 3.63) is 83.9 Å². The number of benzene rings is 3. The molecule has 112 valence electrons. The molecule has 0 aliphatic rings. The minimum Gasteiger partial charge on any atom is -0.508 e. The van der Waals surface area contributed by atoms with Gasteiger partial charge in [0.15, 0.2) is 0 Å². The van der Waals surface area contributed by atoms with Crippen molar-refractivity contribution in [1.29, 1.82) is 0 Å². The lowest BCUT2D eigenvalue weighted by atomic mass is 10.0. The average molecular weight is 292 g/mol. The molecule has 0 aliphatic heterocycles. The summed E-state index contributed by atoms with van der Waals surface area (Å²) in [5.74, 6) is 0.698. The van der Waals surface area contributed by atoms with Crippen LogP contribution in [-0.4, -0.2) is 10.2 Å². The molecule has 0 aliphatic carbocycles. The molecule has 3 rings (SSSR count). The first kappa shape index (κ1) is 15.6. The van der Waals surface area contributed by atoms with Crippen molar-refractivity contribution in [1.82, 2.24) is 0 Å². The van der Waals surface area contributed by atoms with Crippen molar-refractivity contribution >= 4 is 0 Å². The number of phenols is 2. The van der Waals surface area contributed by atoms with E-state index < -0.39 is 0 Å². The van der Waals surface area contributed by atoms with E-state index in [-0.39, 0.29) is 0 Å². The predicted octanol–water partition coefficient (Wildman–Crippen LogP) is 5.07. The molecular formula is C20H20O2. The van der Waals surface area contributed by atoms with Crippen LogP contribution < -0.4 is 0 Å². The van der Waals surface area contributed by atoms with Crippen LogP contribution >= 0.6 is 0 Å². The molecule has 0 saturated carbocycles.